The molecule has 0 fully saturated rings. The first-order valence-electron chi connectivity index (χ1n) is 10.5. The highest BCUT2D eigenvalue weighted by Crippen LogP contribution is 2.30. The van der Waals surface area contributed by atoms with Gasteiger partial charge in [0.2, 0.25) is 0 Å². The van der Waals surface area contributed by atoms with Crippen molar-refractivity contribution in [2.45, 2.75) is 38.1 Å². The molecule has 3 rings (SSSR count). The van der Waals surface area contributed by atoms with Crippen LogP contribution >= 0.6 is 11.6 Å². The van der Waals surface area contributed by atoms with Crippen molar-refractivity contribution >= 4 is 38.9 Å². The van der Waals surface area contributed by atoms with E-state index in [-0.39, 0.29) is 33.4 Å². The number of halogens is 1. The Morgan fingerprint density at radius 3 is 2.48 bits per heavy atom. The number of benzene rings is 2. The Bertz CT molecular complexity index is 1290. The summed E-state index contributed by atoms with van der Waals surface area (Å²) in [6, 6.07) is 15.5. The van der Waals surface area contributed by atoms with E-state index >= 15 is 0 Å². The van der Waals surface area contributed by atoms with Gasteiger partial charge in [0.1, 0.15) is 10.6 Å². The van der Waals surface area contributed by atoms with Crippen LogP contribution in [0.4, 0.5) is 11.4 Å². The third kappa shape index (κ3) is 5.61. The van der Waals surface area contributed by atoms with Gasteiger partial charge < -0.3 is 5.32 Å². The highest BCUT2D eigenvalue weighted by atomic mass is 35.5. The van der Waals surface area contributed by atoms with E-state index in [9.17, 15) is 18.0 Å². The van der Waals surface area contributed by atoms with E-state index in [4.69, 9.17) is 11.6 Å². The number of carbonyl (C=O) groups is 1. The molecule has 0 aliphatic heterocycles. The fraction of sp³-hybridized carbons (Fsp3) is 0.261. The smallest absolute Gasteiger partial charge is 0.276 e. The van der Waals surface area contributed by atoms with Crippen molar-refractivity contribution in [2.24, 2.45) is 0 Å². The zero-order chi connectivity index (χ0) is 24.0. The summed E-state index contributed by atoms with van der Waals surface area (Å²) in [7, 11) is -3.99. The number of nitrogens with one attached hydrogen (secondary N) is 1. The van der Waals surface area contributed by atoms with Gasteiger partial charge in [-0.25, -0.2) is 13.1 Å². The van der Waals surface area contributed by atoms with E-state index < -0.39 is 15.9 Å². The Balaban J connectivity index is 1.90. The van der Waals surface area contributed by atoms with Crippen molar-refractivity contribution in [2.75, 3.05) is 16.2 Å². The van der Waals surface area contributed by atoms with Crippen LogP contribution in [0.15, 0.2) is 70.4 Å². The number of carbonyl (C=O) groups excluding carboxylic acids is 1. The fourth-order valence-corrected chi connectivity index (χ4v) is 5.19. The Labute approximate surface area is 197 Å². The molecule has 0 radical (unpaired) electrons. The molecule has 0 aliphatic carbocycles. The summed E-state index contributed by atoms with van der Waals surface area (Å²) >= 11 is 6.24. The number of sulfonamides is 1. The van der Waals surface area contributed by atoms with Crippen LogP contribution in [-0.4, -0.2) is 30.7 Å². The van der Waals surface area contributed by atoms with Gasteiger partial charge in [0.25, 0.3) is 21.5 Å². The van der Waals surface area contributed by atoms with Gasteiger partial charge in [-0.05, 0) is 49.7 Å². The third-order valence-electron chi connectivity index (χ3n) is 4.91. The minimum Gasteiger partial charge on any atom is -0.321 e. The average Bonchev–Trinajstić information content (AvgIpc) is 2.80. The van der Waals surface area contributed by atoms with Crippen molar-refractivity contribution in [1.82, 2.24) is 9.78 Å². The second-order valence-electron chi connectivity index (χ2n) is 7.24. The highest BCUT2D eigenvalue weighted by Gasteiger charge is 2.26. The molecule has 3 aromatic rings. The molecule has 0 spiro atoms. The maximum Gasteiger partial charge on any atom is 0.276 e. The van der Waals surface area contributed by atoms with Crippen molar-refractivity contribution in [3.05, 3.63) is 81.7 Å². The second kappa shape index (κ2) is 10.6. The maximum atomic E-state index is 13.4. The number of aromatic nitrogens is 2. The van der Waals surface area contributed by atoms with E-state index in [0.717, 1.165) is 12.8 Å². The lowest BCUT2D eigenvalue weighted by atomic mass is 10.3. The second-order valence-corrected chi connectivity index (χ2v) is 9.48. The van der Waals surface area contributed by atoms with Gasteiger partial charge in [-0.3, -0.25) is 13.9 Å². The molecular weight excluding hydrogens is 464 g/mol. The number of aryl methyl sites for hydroxylation is 1. The third-order valence-corrected chi connectivity index (χ3v) is 7.30. The SMILES string of the molecule is CCCCn1nc(C(=O)Nc2ccc(Cl)c(S(=O)(=O)N(CC)c3ccccc3)c2)ccc1=O. The molecule has 1 heterocycles. The lowest BCUT2D eigenvalue weighted by Crippen LogP contribution is -2.31. The quantitative estimate of drug-likeness (QED) is 0.487. The number of unbranched alkanes of at least 4 members (excludes halogenated alkanes) is 1. The summed E-state index contributed by atoms with van der Waals surface area (Å²) in [4.78, 5) is 24.5. The molecule has 1 aromatic heterocycles. The number of amides is 1. The van der Waals surface area contributed by atoms with Crippen LogP contribution in [0.1, 0.15) is 37.2 Å². The lowest BCUT2D eigenvalue weighted by molar-refractivity contribution is 0.101. The van der Waals surface area contributed by atoms with Gasteiger partial charge >= 0.3 is 0 Å². The lowest BCUT2D eigenvalue weighted by Gasteiger charge is -2.23. The normalized spacial score (nSPS) is 11.2. The number of anilines is 2. The molecule has 174 valence electrons. The fourth-order valence-electron chi connectivity index (χ4n) is 3.22. The molecule has 0 saturated heterocycles. The molecule has 1 amide bonds. The number of nitrogens with zero attached hydrogens (tertiary/aromatic N) is 3. The molecule has 2 aromatic carbocycles. The molecule has 10 heteroatoms. The molecular formula is C23H25ClN4O4S. The zero-order valence-corrected chi connectivity index (χ0v) is 19.9. The van der Waals surface area contributed by atoms with Gasteiger partial charge in [-0.15, -0.1) is 0 Å². The van der Waals surface area contributed by atoms with Gasteiger partial charge in [0.05, 0.1) is 10.7 Å². The van der Waals surface area contributed by atoms with E-state index in [2.05, 4.69) is 10.4 Å². The first kappa shape index (κ1) is 24.5. The first-order valence-corrected chi connectivity index (χ1v) is 12.4. The zero-order valence-electron chi connectivity index (χ0n) is 18.4. The van der Waals surface area contributed by atoms with Crippen molar-refractivity contribution in [3.8, 4) is 0 Å². The van der Waals surface area contributed by atoms with Gasteiger partial charge in [-0.2, -0.15) is 5.10 Å². The van der Waals surface area contributed by atoms with Crippen LogP contribution in [0.2, 0.25) is 5.02 Å². The van der Waals surface area contributed by atoms with Gasteiger partial charge in [0.15, 0.2) is 0 Å². The minimum atomic E-state index is -3.99. The molecule has 8 nitrogen and oxygen atoms in total. The van der Waals surface area contributed by atoms with Crippen LogP contribution < -0.4 is 15.2 Å². The number of hydrogen-bond donors (Lipinski definition) is 1. The summed E-state index contributed by atoms with van der Waals surface area (Å²) in [6.45, 7) is 4.32. The molecule has 0 bridgehead atoms. The molecule has 0 unspecified atom stereocenters. The van der Waals surface area contributed by atoms with Crippen molar-refractivity contribution < 1.29 is 13.2 Å². The summed E-state index contributed by atoms with van der Waals surface area (Å²) in [5, 5.41) is 6.79. The van der Waals surface area contributed by atoms with E-state index in [0.29, 0.717) is 12.2 Å². The Morgan fingerprint density at radius 2 is 1.82 bits per heavy atom. The molecule has 1 N–H and O–H groups in total. The molecule has 0 atom stereocenters. The number of para-hydroxylation sites is 1. The van der Waals surface area contributed by atoms with Crippen molar-refractivity contribution in [1.29, 1.82) is 0 Å². The van der Waals surface area contributed by atoms with Crippen LogP contribution in [0.25, 0.3) is 0 Å². The standard InChI is InChI=1S/C23H25ClN4O4S/c1-3-5-15-27-22(29)14-13-20(26-27)23(30)25-17-11-12-19(24)21(16-17)33(31,32)28(4-2)18-9-7-6-8-10-18/h6-14,16H,3-5,15H2,1-2H3,(H,25,30). The Hall–Kier alpha value is -3.17. The summed E-state index contributed by atoms with van der Waals surface area (Å²) < 4.78 is 29.2. The summed E-state index contributed by atoms with van der Waals surface area (Å²) in [6.07, 6.45) is 1.63. The number of hydrogen-bond acceptors (Lipinski definition) is 5. The Kier molecular flexibility index (Phi) is 7.88. The van der Waals surface area contributed by atoms with E-state index in [1.807, 2.05) is 6.92 Å². The molecule has 0 aliphatic rings. The largest absolute Gasteiger partial charge is 0.321 e. The van der Waals surface area contributed by atoms with Crippen molar-refractivity contribution in [3.63, 3.8) is 0 Å². The minimum absolute atomic E-state index is 0.0358. The van der Waals surface area contributed by atoms with Crippen LogP contribution in [-0.2, 0) is 16.6 Å². The monoisotopic (exact) mass is 488 g/mol. The molecule has 33 heavy (non-hydrogen) atoms. The van der Waals surface area contributed by atoms with Crippen LogP contribution in [0.5, 0.6) is 0 Å². The maximum absolute atomic E-state index is 13.4. The predicted octanol–water partition coefficient (Wildman–Crippen LogP) is 4.16. The Morgan fingerprint density at radius 1 is 1.09 bits per heavy atom. The average molecular weight is 489 g/mol. The van der Waals surface area contributed by atoms with E-state index in [1.54, 1.807) is 37.3 Å². The topological polar surface area (TPSA) is 101 Å². The summed E-state index contributed by atoms with van der Waals surface area (Å²) in [5.41, 5.74) is 0.495. The number of rotatable bonds is 9. The first-order chi connectivity index (χ1) is 15.8. The van der Waals surface area contributed by atoms with Gasteiger partial charge in [-0.1, -0.05) is 43.1 Å². The van der Waals surface area contributed by atoms with Gasteiger partial charge in [0, 0.05) is 24.8 Å². The van der Waals surface area contributed by atoms with E-state index in [1.165, 1.54) is 39.3 Å². The highest BCUT2D eigenvalue weighted by molar-refractivity contribution is 7.93. The van der Waals surface area contributed by atoms with Crippen LogP contribution in [0, 0.1) is 0 Å². The molecule has 0 saturated carbocycles. The van der Waals surface area contributed by atoms with Crippen LogP contribution in [0.3, 0.4) is 0 Å². The predicted molar refractivity (Wildman–Crippen MR) is 129 cm³/mol. The summed E-state index contributed by atoms with van der Waals surface area (Å²) in [5.74, 6) is -0.568.